The van der Waals surface area contributed by atoms with Crippen LogP contribution in [0.1, 0.15) is 10.4 Å². The molecule has 1 aromatic heterocycles. The van der Waals surface area contributed by atoms with Crippen LogP contribution < -0.4 is 5.32 Å². The van der Waals surface area contributed by atoms with Gasteiger partial charge in [-0.05, 0) is 18.2 Å². The molecule has 1 heterocycles. The number of rotatable bonds is 3. The van der Waals surface area contributed by atoms with Crippen molar-refractivity contribution in [3.05, 3.63) is 62.6 Å². The van der Waals surface area contributed by atoms with Crippen molar-refractivity contribution in [2.24, 2.45) is 0 Å². The summed E-state index contributed by atoms with van der Waals surface area (Å²) in [6, 6.07) is 9.06. The number of benzene rings is 2. The van der Waals surface area contributed by atoms with E-state index in [-0.39, 0.29) is 11.3 Å². The Morgan fingerprint density at radius 1 is 1.27 bits per heavy atom. The van der Waals surface area contributed by atoms with Crippen LogP contribution in [-0.2, 0) is 0 Å². The highest BCUT2D eigenvalue weighted by Gasteiger charge is 2.20. The van der Waals surface area contributed by atoms with Crippen molar-refractivity contribution in [2.75, 3.05) is 5.32 Å². The monoisotopic (exact) mass is 333 g/mol. The van der Waals surface area contributed by atoms with E-state index in [1.165, 1.54) is 29.5 Å². The van der Waals surface area contributed by atoms with E-state index in [0.29, 0.717) is 16.2 Å². The summed E-state index contributed by atoms with van der Waals surface area (Å²) in [6.45, 7) is 0. The first-order valence-corrected chi connectivity index (χ1v) is 7.40. The summed E-state index contributed by atoms with van der Waals surface area (Å²) in [6.07, 6.45) is 0. The Balaban J connectivity index is 1.99. The third-order valence-electron chi connectivity index (χ3n) is 3.03. The number of anilines is 1. The number of nitro groups is 1. The molecule has 1 amide bonds. The Hall–Kier alpha value is -2.51. The molecule has 110 valence electrons. The van der Waals surface area contributed by atoms with E-state index in [1.54, 1.807) is 23.7 Å². The molecule has 0 aliphatic heterocycles. The largest absolute Gasteiger partial charge is 0.320 e. The van der Waals surface area contributed by atoms with Crippen molar-refractivity contribution in [1.82, 2.24) is 4.98 Å². The van der Waals surface area contributed by atoms with Gasteiger partial charge in [0.15, 0.2) is 0 Å². The molecule has 1 N–H and O–H groups in total. The van der Waals surface area contributed by atoms with Gasteiger partial charge in [0.1, 0.15) is 11.1 Å². The Labute approximate surface area is 133 Å². The number of thiazole rings is 1. The van der Waals surface area contributed by atoms with Crippen LogP contribution in [0.3, 0.4) is 0 Å². The van der Waals surface area contributed by atoms with Gasteiger partial charge in [0.05, 0.1) is 25.8 Å². The van der Waals surface area contributed by atoms with Crippen molar-refractivity contribution in [3.8, 4) is 0 Å². The molecule has 3 rings (SSSR count). The molecule has 0 bridgehead atoms. The average molecular weight is 334 g/mol. The minimum absolute atomic E-state index is 0.000107. The molecule has 0 spiro atoms. The maximum Gasteiger partial charge on any atom is 0.282 e. The van der Waals surface area contributed by atoms with Crippen LogP contribution in [0, 0.1) is 10.1 Å². The van der Waals surface area contributed by atoms with Crippen molar-refractivity contribution in [2.45, 2.75) is 0 Å². The SMILES string of the molecule is O=C(Nc1ccc(Cl)c2ncsc12)c1ccccc1[N+](=O)[O-]. The molecule has 0 fully saturated rings. The van der Waals surface area contributed by atoms with Gasteiger partial charge in [0.2, 0.25) is 0 Å². The molecule has 0 aliphatic carbocycles. The molecule has 3 aromatic rings. The number of nitrogens with one attached hydrogen (secondary N) is 1. The first kappa shape index (κ1) is 14.4. The van der Waals surface area contributed by atoms with Gasteiger partial charge in [0, 0.05) is 6.07 Å². The summed E-state index contributed by atoms with van der Waals surface area (Å²) in [5.74, 6) is -0.552. The number of amides is 1. The lowest BCUT2D eigenvalue weighted by Crippen LogP contribution is -2.13. The van der Waals surface area contributed by atoms with Crippen LogP contribution in [0.15, 0.2) is 41.9 Å². The van der Waals surface area contributed by atoms with E-state index in [9.17, 15) is 14.9 Å². The van der Waals surface area contributed by atoms with Gasteiger partial charge in [0.25, 0.3) is 11.6 Å². The third-order valence-corrected chi connectivity index (χ3v) is 4.19. The van der Waals surface area contributed by atoms with E-state index >= 15 is 0 Å². The standard InChI is InChI=1S/C14H8ClN3O3S/c15-9-5-6-10(13-12(9)16-7-22-13)17-14(19)8-3-1-2-4-11(8)18(20)21/h1-7H,(H,17,19). The second-order valence-corrected chi connectivity index (χ2v) is 5.62. The lowest BCUT2D eigenvalue weighted by Gasteiger charge is -2.07. The van der Waals surface area contributed by atoms with Crippen LogP contribution in [0.25, 0.3) is 10.2 Å². The fourth-order valence-corrected chi connectivity index (χ4v) is 3.08. The Morgan fingerprint density at radius 3 is 2.82 bits per heavy atom. The number of nitro benzene ring substituents is 1. The molecule has 0 unspecified atom stereocenters. The summed E-state index contributed by atoms with van der Waals surface area (Å²) in [5, 5.41) is 14.2. The fourth-order valence-electron chi connectivity index (χ4n) is 2.03. The maximum absolute atomic E-state index is 12.3. The van der Waals surface area contributed by atoms with Gasteiger partial charge in [-0.15, -0.1) is 11.3 Å². The molecular weight excluding hydrogens is 326 g/mol. The molecular formula is C14H8ClN3O3S. The van der Waals surface area contributed by atoms with Gasteiger partial charge in [-0.1, -0.05) is 23.7 Å². The normalized spacial score (nSPS) is 10.6. The summed E-state index contributed by atoms with van der Waals surface area (Å²) >= 11 is 7.36. The number of fused-ring (bicyclic) bond motifs is 1. The van der Waals surface area contributed by atoms with Crippen molar-refractivity contribution < 1.29 is 9.72 Å². The lowest BCUT2D eigenvalue weighted by molar-refractivity contribution is -0.385. The van der Waals surface area contributed by atoms with E-state index in [2.05, 4.69) is 10.3 Å². The van der Waals surface area contributed by atoms with Crippen LogP contribution in [0.5, 0.6) is 0 Å². The number of halogens is 1. The minimum Gasteiger partial charge on any atom is -0.320 e. The second kappa shape index (κ2) is 5.70. The van der Waals surface area contributed by atoms with Crippen molar-refractivity contribution in [1.29, 1.82) is 0 Å². The van der Waals surface area contributed by atoms with Gasteiger partial charge < -0.3 is 5.32 Å². The summed E-state index contributed by atoms with van der Waals surface area (Å²) in [4.78, 5) is 26.9. The van der Waals surface area contributed by atoms with E-state index in [1.807, 2.05) is 0 Å². The van der Waals surface area contributed by atoms with Crippen molar-refractivity contribution >= 4 is 50.4 Å². The Morgan fingerprint density at radius 2 is 2.05 bits per heavy atom. The molecule has 22 heavy (non-hydrogen) atoms. The van der Waals surface area contributed by atoms with Crippen LogP contribution in [-0.4, -0.2) is 15.8 Å². The van der Waals surface area contributed by atoms with Gasteiger partial charge in [-0.2, -0.15) is 0 Å². The van der Waals surface area contributed by atoms with Crippen molar-refractivity contribution in [3.63, 3.8) is 0 Å². The maximum atomic E-state index is 12.3. The molecule has 8 heteroatoms. The van der Waals surface area contributed by atoms with Gasteiger partial charge in [-0.25, -0.2) is 4.98 Å². The fraction of sp³-hybridized carbons (Fsp3) is 0. The van der Waals surface area contributed by atoms with Crippen LogP contribution >= 0.6 is 22.9 Å². The zero-order valence-corrected chi connectivity index (χ0v) is 12.5. The lowest BCUT2D eigenvalue weighted by atomic mass is 10.1. The minimum atomic E-state index is -0.584. The van der Waals surface area contributed by atoms with Gasteiger partial charge >= 0.3 is 0 Å². The Kier molecular flexibility index (Phi) is 3.74. The summed E-state index contributed by atoms with van der Waals surface area (Å²) in [5.41, 5.74) is 2.49. The first-order chi connectivity index (χ1) is 10.6. The molecule has 0 radical (unpaired) electrons. The predicted octanol–water partition coefficient (Wildman–Crippen LogP) is 4.11. The molecule has 2 aromatic carbocycles. The third kappa shape index (κ3) is 2.51. The quantitative estimate of drug-likeness (QED) is 0.577. The molecule has 0 saturated carbocycles. The van der Waals surface area contributed by atoms with Crippen LogP contribution in [0.4, 0.5) is 11.4 Å². The number of carbonyl (C=O) groups is 1. The predicted molar refractivity (Wildman–Crippen MR) is 85.7 cm³/mol. The molecule has 0 saturated heterocycles. The van der Waals surface area contributed by atoms with Crippen LogP contribution in [0.2, 0.25) is 5.02 Å². The van der Waals surface area contributed by atoms with E-state index in [4.69, 9.17) is 11.6 Å². The first-order valence-electron chi connectivity index (χ1n) is 6.14. The molecule has 0 atom stereocenters. The number of hydrogen-bond acceptors (Lipinski definition) is 5. The summed E-state index contributed by atoms with van der Waals surface area (Å²) in [7, 11) is 0. The zero-order valence-electron chi connectivity index (χ0n) is 10.9. The number of hydrogen-bond donors (Lipinski definition) is 1. The average Bonchev–Trinajstić information content (AvgIpc) is 3.00. The molecule has 0 aliphatic rings. The highest BCUT2D eigenvalue weighted by atomic mass is 35.5. The molecule has 6 nitrogen and oxygen atoms in total. The number of aromatic nitrogens is 1. The van der Waals surface area contributed by atoms with E-state index < -0.39 is 10.8 Å². The number of para-hydroxylation sites is 1. The van der Waals surface area contributed by atoms with Gasteiger partial charge in [-0.3, -0.25) is 14.9 Å². The second-order valence-electron chi connectivity index (χ2n) is 4.35. The van der Waals surface area contributed by atoms with E-state index in [0.717, 1.165) is 4.70 Å². The topological polar surface area (TPSA) is 85.1 Å². The zero-order chi connectivity index (χ0) is 15.7. The Bertz CT molecular complexity index is 894. The number of nitrogens with zero attached hydrogens (tertiary/aromatic N) is 2. The highest BCUT2D eigenvalue weighted by molar-refractivity contribution is 7.17. The highest BCUT2D eigenvalue weighted by Crippen LogP contribution is 2.32. The number of carbonyl (C=O) groups excluding carboxylic acids is 1. The smallest absolute Gasteiger partial charge is 0.282 e. The summed E-state index contributed by atoms with van der Waals surface area (Å²) < 4.78 is 0.722.